The normalized spacial score (nSPS) is 12.8. The van der Waals surface area contributed by atoms with Gasteiger partial charge in [-0.3, -0.25) is 4.18 Å². The third-order valence-corrected chi connectivity index (χ3v) is 9.70. The fourth-order valence-corrected chi connectivity index (χ4v) is 6.75. The van der Waals surface area contributed by atoms with Crippen molar-refractivity contribution in [3.8, 4) is 0 Å². The summed E-state index contributed by atoms with van der Waals surface area (Å²) in [7, 11) is -3.42. The molecular weight excluding hydrogens is 476 g/mol. The second kappa shape index (κ2) is 28.9. The summed E-state index contributed by atoms with van der Waals surface area (Å²) < 4.78 is 31.2. The maximum absolute atomic E-state index is 12.8. The van der Waals surface area contributed by atoms with Crippen molar-refractivity contribution in [1.29, 1.82) is 0 Å². The molecule has 0 fully saturated rings. The molecule has 0 aromatic heterocycles. The van der Waals surface area contributed by atoms with Gasteiger partial charge in [0.2, 0.25) is 0 Å². The molecule has 0 heterocycles. The average Bonchev–Trinajstić information content (AvgIpc) is 2.89. The molecule has 4 heteroatoms. The molecule has 0 aliphatic heterocycles. The minimum Gasteiger partial charge on any atom is -0.270 e. The zero-order valence-electron chi connectivity index (χ0n) is 25.7. The van der Waals surface area contributed by atoms with Gasteiger partial charge >= 0.3 is 0 Å². The van der Waals surface area contributed by atoms with Gasteiger partial charge in [0.25, 0.3) is 10.1 Å². The van der Waals surface area contributed by atoms with E-state index in [0.717, 1.165) is 51.4 Å². The first kappa shape index (κ1) is 36.9. The lowest BCUT2D eigenvalue weighted by Gasteiger charge is -2.17. The second-order valence-electron chi connectivity index (χ2n) is 11.6. The smallest absolute Gasteiger partial charge is 0.270 e. The summed E-state index contributed by atoms with van der Waals surface area (Å²) in [5.41, 5.74) is 0. The Morgan fingerprint density at radius 2 is 0.703 bits per heavy atom. The van der Waals surface area contributed by atoms with Gasteiger partial charge in [-0.25, -0.2) is 0 Å². The maximum atomic E-state index is 12.8. The van der Waals surface area contributed by atoms with E-state index in [1.165, 1.54) is 128 Å². The van der Waals surface area contributed by atoms with Crippen molar-refractivity contribution in [2.75, 3.05) is 6.61 Å². The summed E-state index contributed by atoms with van der Waals surface area (Å²) in [6, 6.07) is 0. The van der Waals surface area contributed by atoms with Gasteiger partial charge in [0.15, 0.2) is 0 Å². The summed E-state index contributed by atoms with van der Waals surface area (Å²) in [5.74, 6) is 0. The average molecular weight is 545 g/mol. The van der Waals surface area contributed by atoms with Crippen LogP contribution >= 0.6 is 0 Å². The Labute approximate surface area is 234 Å². The van der Waals surface area contributed by atoms with Gasteiger partial charge in [-0.1, -0.05) is 181 Å². The Morgan fingerprint density at radius 1 is 0.405 bits per heavy atom. The molecule has 0 saturated heterocycles. The monoisotopic (exact) mass is 544 g/mol. The molecule has 1 atom stereocenters. The highest BCUT2D eigenvalue weighted by molar-refractivity contribution is 7.87. The number of hydrogen-bond acceptors (Lipinski definition) is 3. The van der Waals surface area contributed by atoms with E-state index >= 15 is 0 Å². The second-order valence-corrected chi connectivity index (χ2v) is 13.5. The summed E-state index contributed by atoms with van der Waals surface area (Å²) in [6.07, 6.45) is 34.7. The predicted octanol–water partition coefficient (Wildman–Crippen LogP) is 11.7. The Balaban J connectivity index is 3.79. The van der Waals surface area contributed by atoms with Gasteiger partial charge in [0.1, 0.15) is 0 Å². The van der Waals surface area contributed by atoms with Gasteiger partial charge in [0, 0.05) is 0 Å². The van der Waals surface area contributed by atoms with Crippen molar-refractivity contribution in [1.82, 2.24) is 0 Å². The van der Waals surface area contributed by atoms with Crippen molar-refractivity contribution >= 4 is 10.1 Å². The number of unbranched alkanes of at least 4 members (excludes halogenated alkanes) is 23. The molecule has 0 saturated carbocycles. The molecule has 0 amide bonds. The minimum absolute atomic E-state index is 0.298. The van der Waals surface area contributed by atoms with Crippen LogP contribution in [0.2, 0.25) is 0 Å². The van der Waals surface area contributed by atoms with E-state index in [0.29, 0.717) is 6.61 Å². The van der Waals surface area contributed by atoms with Crippen LogP contribution in [0.5, 0.6) is 0 Å². The van der Waals surface area contributed by atoms with Crippen LogP contribution in [0.1, 0.15) is 201 Å². The first-order valence-electron chi connectivity index (χ1n) is 17.0. The highest BCUT2D eigenvalue weighted by atomic mass is 32.2. The summed E-state index contributed by atoms with van der Waals surface area (Å²) in [4.78, 5) is 0. The first-order valence-corrected chi connectivity index (χ1v) is 18.4. The lowest BCUT2D eigenvalue weighted by Crippen LogP contribution is -2.24. The molecule has 3 nitrogen and oxygen atoms in total. The first-order chi connectivity index (χ1) is 18.1. The van der Waals surface area contributed by atoms with E-state index < -0.39 is 10.1 Å². The molecule has 0 radical (unpaired) electrons. The molecule has 0 spiro atoms. The summed E-state index contributed by atoms with van der Waals surface area (Å²) >= 11 is 0. The van der Waals surface area contributed by atoms with Crippen LogP contribution in [0.3, 0.4) is 0 Å². The molecule has 0 aromatic rings. The largest absolute Gasteiger partial charge is 0.270 e. The molecule has 0 aliphatic carbocycles. The van der Waals surface area contributed by atoms with Crippen LogP contribution in [-0.2, 0) is 14.3 Å². The van der Waals surface area contributed by atoms with E-state index in [2.05, 4.69) is 20.8 Å². The molecule has 0 N–H and O–H groups in total. The van der Waals surface area contributed by atoms with Crippen molar-refractivity contribution in [3.63, 3.8) is 0 Å². The fourth-order valence-electron chi connectivity index (χ4n) is 5.29. The Kier molecular flexibility index (Phi) is 28.8. The predicted molar refractivity (Wildman–Crippen MR) is 165 cm³/mol. The third-order valence-electron chi connectivity index (χ3n) is 7.91. The molecule has 37 heavy (non-hydrogen) atoms. The van der Waals surface area contributed by atoms with Gasteiger partial charge in [-0.2, -0.15) is 8.42 Å². The number of hydrogen-bond donors (Lipinski definition) is 0. The fraction of sp³-hybridized carbons (Fsp3) is 1.00. The Morgan fingerprint density at radius 3 is 1.08 bits per heavy atom. The van der Waals surface area contributed by atoms with Crippen LogP contribution in [0, 0.1) is 0 Å². The van der Waals surface area contributed by atoms with Gasteiger partial charge in [0.05, 0.1) is 11.9 Å². The van der Waals surface area contributed by atoms with E-state index in [1.54, 1.807) is 0 Å². The van der Waals surface area contributed by atoms with Crippen LogP contribution in [0.4, 0.5) is 0 Å². The SMILES string of the molecule is CCCCCCCCCCCCCCCCOS(=O)(=O)C(CCCC)CCCCCCCCCCCC. The van der Waals surface area contributed by atoms with E-state index in [-0.39, 0.29) is 5.25 Å². The van der Waals surface area contributed by atoms with Gasteiger partial charge in [-0.05, 0) is 19.3 Å². The molecular formula is C33H68O3S. The summed E-state index contributed by atoms with van der Waals surface area (Å²) in [5, 5.41) is -0.298. The van der Waals surface area contributed by atoms with Crippen molar-refractivity contribution < 1.29 is 12.6 Å². The Bertz CT molecular complexity index is 532. The lowest BCUT2D eigenvalue weighted by molar-refractivity contribution is 0.296. The van der Waals surface area contributed by atoms with Gasteiger partial charge < -0.3 is 0 Å². The number of rotatable bonds is 31. The highest BCUT2D eigenvalue weighted by Gasteiger charge is 2.25. The van der Waals surface area contributed by atoms with Crippen LogP contribution in [-0.4, -0.2) is 20.3 Å². The maximum Gasteiger partial charge on any atom is 0.270 e. The minimum atomic E-state index is -3.42. The van der Waals surface area contributed by atoms with Crippen LogP contribution in [0.15, 0.2) is 0 Å². The zero-order chi connectivity index (χ0) is 27.3. The van der Waals surface area contributed by atoms with Gasteiger partial charge in [-0.15, -0.1) is 0 Å². The quantitative estimate of drug-likeness (QED) is 0.0643. The van der Waals surface area contributed by atoms with E-state index in [4.69, 9.17) is 4.18 Å². The zero-order valence-corrected chi connectivity index (χ0v) is 26.5. The van der Waals surface area contributed by atoms with Crippen molar-refractivity contribution in [3.05, 3.63) is 0 Å². The molecule has 224 valence electrons. The van der Waals surface area contributed by atoms with E-state index in [1.807, 2.05) is 0 Å². The van der Waals surface area contributed by atoms with Crippen molar-refractivity contribution in [2.45, 2.75) is 206 Å². The molecule has 1 unspecified atom stereocenters. The molecule has 0 aromatic carbocycles. The Hall–Kier alpha value is -0.0900. The molecule has 0 aliphatic rings. The molecule has 0 rings (SSSR count). The van der Waals surface area contributed by atoms with Crippen molar-refractivity contribution in [2.24, 2.45) is 0 Å². The summed E-state index contributed by atoms with van der Waals surface area (Å²) in [6.45, 7) is 7.06. The third kappa shape index (κ3) is 25.9. The van der Waals surface area contributed by atoms with Crippen LogP contribution < -0.4 is 0 Å². The molecule has 0 bridgehead atoms. The lowest BCUT2D eigenvalue weighted by atomic mass is 10.0. The standard InChI is InChI=1S/C33H68O3S/c1-4-7-10-12-14-16-18-19-20-21-23-25-27-29-32-36-37(34,35)33(30-9-6-3)31-28-26-24-22-17-15-13-11-8-5-2/h33H,4-32H2,1-3H3. The van der Waals surface area contributed by atoms with Crippen LogP contribution in [0.25, 0.3) is 0 Å². The highest BCUT2D eigenvalue weighted by Crippen LogP contribution is 2.21. The topological polar surface area (TPSA) is 43.4 Å². The van der Waals surface area contributed by atoms with E-state index in [9.17, 15) is 8.42 Å².